The minimum absolute atomic E-state index is 0.00203. The van der Waals surface area contributed by atoms with Crippen LogP contribution >= 0.6 is 0 Å². The molecule has 0 aromatic heterocycles. The van der Waals surface area contributed by atoms with Gasteiger partial charge in [-0.15, -0.1) is 0 Å². The van der Waals surface area contributed by atoms with Crippen molar-refractivity contribution in [3.05, 3.63) is 0 Å². The van der Waals surface area contributed by atoms with Gasteiger partial charge in [0.05, 0.1) is 6.10 Å². The summed E-state index contributed by atoms with van der Waals surface area (Å²) in [5.41, 5.74) is 0.451. The minimum atomic E-state index is -0.00203. The van der Waals surface area contributed by atoms with Gasteiger partial charge in [-0.2, -0.15) is 0 Å². The first-order chi connectivity index (χ1) is 8.09. The molecular formula is C16H32O. The van der Waals surface area contributed by atoms with E-state index in [1.54, 1.807) is 0 Å². The van der Waals surface area contributed by atoms with Crippen LogP contribution in [0.15, 0.2) is 0 Å². The Morgan fingerprint density at radius 3 is 2.47 bits per heavy atom. The summed E-state index contributed by atoms with van der Waals surface area (Å²) in [5, 5.41) is 10.1. The average Bonchev–Trinajstić information content (AvgIpc) is 2.69. The molecule has 0 heterocycles. The lowest BCUT2D eigenvalue weighted by molar-refractivity contribution is -0.0272. The zero-order chi connectivity index (χ0) is 13.1. The fourth-order valence-corrected chi connectivity index (χ4v) is 4.41. The third-order valence-electron chi connectivity index (χ3n) is 5.49. The van der Waals surface area contributed by atoms with Gasteiger partial charge in [0, 0.05) is 0 Å². The molecule has 0 aliphatic heterocycles. The van der Waals surface area contributed by atoms with E-state index in [2.05, 4.69) is 20.8 Å². The van der Waals surface area contributed by atoms with Crippen LogP contribution < -0.4 is 0 Å². The second-order valence-electron chi connectivity index (χ2n) is 6.14. The molecule has 2 aliphatic carbocycles. The molecule has 0 bridgehead atoms. The molecule has 0 aromatic carbocycles. The normalized spacial score (nSPS) is 42.4. The summed E-state index contributed by atoms with van der Waals surface area (Å²) in [7, 11) is 0. The van der Waals surface area contributed by atoms with Crippen LogP contribution in [0.25, 0.3) is 0 Å². The van der Waals surface area contributed by atoms with E-state index in [0.717, 1.165) is 18.3 Å². The monoisotopic (exact) mass is 240 g/mol. The third kappa shape index (κ3) is 2.70. The van der Waals surface area contributed by atoms with Crippen LogP contribution in [-0.4, -0.2) is 11.2 Å². The molecular weight excluding hydrogens is 208 g/mol. The van der Waals surface area contributed by atoms with Crippen molar-refractivity contribution in [2.75, 3.05) is 0 Å². The van der Waals surface area contributed by atoms with Gasteiger partial charge in [-0.05, 0) is 48.9 Å². The minimum Gasteiger partial charge on any atom is -0.393 e. The maximum absolute atomic E-state index is 10.1. The largest absolute Gasteiger partial charge is 0.393 e. The topological polar surface area (TPSA) is 20.2 Å². The molecule has 17 heavy (non-hydrogen) atoms. The summed E-state index contributed by atoms with van der Waals surface area (Å²) < 4.78 is 0. The Hall–Kier alpha value is -0.0400. The summed E-state index contributed by atoms with van der Waals surface area (Å²) >= 11 is 0. The number of rotatable bonds is 2. The zero-order valence-electron chi connectivity index (χ0n) is 12.5. The molecule has 0 spiro atoms. The van der Waals surface area contributed by atoms with E-state index in [1.165, 1.54) is 32.1 Å². The van der Waals surface area contributed by atoms with E-state index in [0.29, 0.717) is 11.3 Å². The van der Waals surface area contributed by atoms with Crippen molar-refractivity contribution in [2.45, 2.75) is 79.2 Å². The standard InChI is InChI=1S/C14H26O.C2H6/c1-4-10(2)11-7-8-12-13(15)6-5-9-14(11,12)3;1-2/h10-13,15H,4-9H2,1-3H3;1-2H3/t10-,11?,12?,13?,14-;/m1./s1. The predicted molar refractivity (Wildman–Crippen MR) is 75.0 cm³/mol. The van der Waals surface area contributed by atoms with Gasteiger partial charge in [-0.25, -0.2) is 0 Å². The second kappa shape index (κ2) is 6.22. The van der Waals surface area contributed by atoms with Gasteiger partial charge >= 0.3 is 0 Å². The predicted octanol–water partition coefficient (Wildman–Crippen LogP) is 4.64. The molecule has 0 aromatic rings. The fourth-order valence-electron chi connectivity index (χ4n) is 4.41. The van der Waals surface area contributed by atoms with Crippen LogP contribution in [0.3, 0.4) is 0 Å². The van der Waals surface area contributed by atoms with Crippen LogP contribution in [0.4, 0.5) is 0 Å². The lowest BCUT2D eigenvalue weighted by Gasteiger charge is -2.45. The van der Waals surface area contributed by atoms with E-state index in [1.807, 2.05) is 13.8 Å². The van der Waals surface area contributed by atoms with E-state index < -0.39 is 0 Å². The van der Waals surface area contributed by atoms with Crippen molar-refractivity contribution in [2.24, 2.45) is 23.2 Å². The lowest BCUT2D eigenvalue weighted by Crippen LogP contribution is -2.41. The molecule has 2 saturated carbocycles. The molecule has 2 fully saturated rings. The van der Waals surface area contributed by atoms with Crippen LogP contribution in [-0.2, 0) is 0 Å². The van der Waals surface area contributed by atoms with Crippen LogP contribution in [0.1, 0.15) is 73.1 Å². The zero-order valence-corrected chi connectivity index (χ0v) is 12.5. The van der Waals surface area contributed by atoms with Gasteiger partial charge in [0.2, 0.25) is 0 Å². The van der Waals surface area contributed by atoms with Gasteiger partial charge in [0.25, 0.3) is 0 Å². The third-order valence-corrected chi connectivity index (χ3v) is 5.49. The first-order valence-electron chi connectivity index (χ1n) is 7.77. The van der Waals surface area contributed by atoms with Crippen LogP contribution in [0.5, 0.6) is 0 Å². The molecule has 0 amide bonds. The summed E-state index contributed by atoms with van der Waals surface area (Å²) in [6.45, 7) is 11.2. The maximum Gasteiger partial charge on any atom is 0.0573 e. The molecule has 1 heteroatoms. The van der Waals surface area contributed by atoms with Gasteiger partial charge in [0.1, 0.15) is 0 Å². The lowest BCUT2D eigenvalue weighted by atomic mass is 9.61. The second-order valence-corrected chi connectivity index (χ2v) is 6.14. The number of hydrogen-bond acceptors (Lipinski definition) is 1. The quantitative estimate of drug-likeness (QED) is 0.745. The summed E-state index contributed by atoms with van der Waals surface area (Å²) in [6, 6.07) is 0. The Labute approximate surface area is 108 Å². The maximum atomic E-state index is 10.1. The number of aliphatic hydroxyl groups is 1. The number of hydrogen-bond donors (Lipinski definition) is 1. The summed E-state index contributed by atoms with van der Waals surface area (Å²) in [4.78, 5) is 0. The molecule has 5 atom stereocenters. The molecule has 0 radical (unpaired) electrons. The molecule has 0 saturated heterocycles. The van der Waals surface area contributed by atoms with E-state index in [9.17, 15) is 5.11 Å². The van der Waals surface area contributed by atoms with Crippen molar-refractivity contribution in [1.82, 2.24) is 0 Å². The highest BCUT2D eigenvalue weighted by molar-refractivity contribution is 5.01. The van der Waals surface area contributed by atoms with Gasteiger partial charge < -0.3 is 5.11 Å². The van der Waals surface area contributed by atoms with Crippen molar-refractivity contribution in [3.8, 4) is 0 Å². The van der Waals surface area contributed by atoms with E-state index in [-0.39, 0.29) is 6.10 Å². The highest BCUT2D eigenvalue weighted by Crippen LogP contribution is 2.57. The van der Waals surface area contributed by atoms with Crippen LogP contribution in [0.2, 0.25) is 0 Å². The van der Waals surface area contributed by atoms with Crippen LogP contribution in [0, 0.1) is 23.2 Å². The van der Waals surface area contributed by atoms with Gasteiger partial charge in [-0.1, -0.05) is 47.5 Å². The Kier molecular flexibility index (Phi) is 5.50. The molecule has 2 aliphatic rings. The summed E-state index contributed by atoms with van der Waals surface area (Å²) in [5.74, 6) is 2.30. The Morgan fingerprint density at radius 2 is 1.88 bits per heavy atom. The highest BCUT2D eigenvalue weighted by Gasteiger charge is 2.51. The first kappa shape index (κ1) is 15.0. The van der Waals surface area contributed by atoms with Crippen molar-refractivity contribution in [1.29, 1.82) is 0 Å². The van der Waals surface area contributed by atoms with Crippen molar-refractivity contribution >= 4 is 0 Å². The number of aliphatic hydroxyl groups excluding tert-OH is 1. The van der Waals surface area contributed by atoms with E-state index >= 15 is 0 Å². The van der Waals surface area contributed by atoms with Crippen molar-refractivity contribution < 1.29 is 5.11 Å². The SMILES string of the molecule is CC.CC[C@@H](C)C1CCC2C(O)CCC[C@@]21C. The molecule has 102 valence electrons. The molecule has 3 unspecified atom stereocenters. The Morgan fingerprint density at radius 1 is 1.24 bits per heavy atom. The Balaban J connectivity index is 0.000000686. The molecule has 1 N–H and O–H groups in total. The summed E-state index contributed by atoms with van der Waals surface area (Å²) in [6.07, 6.45) is 7.55. The molecule has 1 nitrogen and oxygen atoms in total. The van der Waals surface area contributed by atoms with E-state index in [4.69, 9.17) is 0 Å². The van der Waals surface area contributed by atoms with Gasteiger partial charge in [-0.3, -0.25) is 0 Å². The average molecular weight is 240 g/mol. The molecule has 2 rings (SSSR count). The number of fused-ring (bicyclic) bond motifs is 1. The van der Waals surface area contributed by atoms with Gasteiger partial charge in [0.15, 0.2) is 0 Å². The smallest absolute Gasteiger partial charge is 0.0573 e. The van der Waals surface area contributed by atoms with Crippen molar-refractivity contribution in [3.63, 3.8) is 0 Å². The first-order valence-corrected chi connectivity index (χ1v) is 7.77. The Bertz CT molecular complexity index is 226. The highest BCUT2D eigenvalue weighted by atomic mass is 16.3. The fraction of sp³-hybridized carbons (Fsp3) is 1.00.